The molecule has 0 aromatic heterocycles. The summed E-state index contributed by atoms with van der Waals surface area (Å²) in [6.07, 6.45) is 1.18. The van der Waals surface area contributed by atoms with Crippen molar-refractivity contribution >= 4 is 27.5 Å². The molecule has 25 heavy (non-hydrogen) atoms. The van der Waals surface area contributed by atoms with E-state index >= 15 is 0 Å². The summed E-state index contributed by atoms with van der Waals surface area (Å²) in [7, 11) is -3.20. The Kier molecular flexibility index (Phi) is 6.67. The van der Waals surface area contributed by atoms with Crippen LogP contribution >= 0.6 is 11.8 Å². The van der Waals surface area contributed by atoms with Gasteiger partial charge in [0.1, 0.15) is 0 Å². The quantitative estimate of drug-likeness (QED) is 0.802. The van der Waals surface area contributed by atoms with Gasteiger partial charge < -0.3 is 5.32 Å². The second-order valence-corrected chi connectivity index (χ2v) is 9.11. The lowest BCUT2D eigenvalue weighted by Gasteiger charge is -2.14. The zero-order chi connectivity index (χ0) is 18.4. The molecule has 1 N–H and O–H groups in total. The summed E-state index contributed by atoms with van der Waals surface area (Å²) in [5.74, 6) is 1.16. The normalized spacial score (nSPS) is 12.6. The van der Waals surface area contributed by atoms with E-state index in [0.29, 0.717) is 5.75 Å². The summed E-state index contributed by atoms with van der Waals surface area (Å²) in [5, 5.41) is 2.94. The topological polar surface area (TPSA) is 63.2 Å². The summed E-state index contributed by atoms with van der Waals surface area (Å²) in [4.78, 5) is 12.4. The van der Waals surface area contributed by atoms with Crippen molar-refractivity contribution in [3.05, 3.63) is 65.2 Å². The second kappa shape index (κ2) is 8.54. The molecule has 0 aliphatic heterocycles. The van der Waals surface area contributed by atoms with E-state index in [-0.39, 0.29) is 16.8 Å². The fraction of sp³-hybridized carbons (Fsp3) is 0.316. The Morgan fingerprint density at radius 3 is 2.44 bits per heavy atom. The van der Waals surface area contributed by atoms with Crippen molar-refractivity contribution < 1.29 is 13.2 Å². The minimum atomic E-state index is -3.20. The van der Waals surface area contributed by atoms with Gasteiger partial charge in [-0.1, -0.05) is 42.0 Å². The van der Waals surface area contributed by atoms with E-state index in [4.69, 9.17) is 0 Å². The summed E-state index contributed by atoms with van der Waals surface area (Å²) < 4.78 is 23.0. The van der Waals surface area contributed by atoms with Gasteiger partial charge in [-0.15, -0.1) is 11.8 Å². The highest BCUT2D eigenvalue weighted by Crippen LogP contribution is 2.17. The second-order valence-electron chi connectivity index (χ2n) is 6.11. The highest BCUT2D eigenvalue weighted by atomic mass is 32.2. The molecule has 0 aliphatic rings. The Morgan fingerprint density at radius 1 is 1.16 bits per heavy atom. The van der Waals surface area contributed by atoms with E-state index in [0.717, 1.165) is 11.3 Å². The van der Waals surface area contributed by atoms with Gasteiger partial charge in [-0.05, 0) is 37.1 Å². The van der Waals surface area contributed by atoms with E-state index < -0.39 is 9.84 Å². The standard InChI is InChI=1S/C19H23NO3S2/c1-14-5-4-6-16(11-14)12-24-13-19(21)20-15(2)17-7-9-18(10-8-17)25(3,22)23/h4-11,15H,12-13H2,1-3H3,(H,20,21)/t15-/m1/s1. The minimum Gasteiger partial charge on any atom is -0.349 e. The third-order valence-corrected chi connectivity index (χ3v) is 5.90. The van der Waals surface area contributed by atoms with E-state index in [1.54, 1.807) is 36.0 Å². The first kappa shape index (κ1) is 19.5. The summed E-state index contributed by atoms with van der Waals surface area (Å²) >= 11 is 1.57. The number of carbonyl (C=O) groups excluding carboxylic acids is 1. The average molecular weight is 378 g/mol. The maximum absolute atomic E-state index is 12.1. The van der Waals surface area contributed by atoms with Crippen molar-refractivity contribution in [2.45, 2.75) is 30.5 Å². The van der Waals surface area contributed by atoms with E-state index in [1.807, 2.05) is 13.0 Å². The SMILES string of the molecule is Cc1cccc(CSCC(=O)N[C@H](C)c2ccc(S(C)(=O)=O)cc2)c1. The largest absolute Gasteiger partial charge is 0.349 e. The molecule has 0 saturated carbocycles. The number of nitrogens with one attached hydrogen (secondary N) is 1. The summed E-state index contributed by atoms with van der Waals surface area (Å²) in [6.45, 7) is 3.94. The molecule has 4 nitrogen and oxygen atoms in total. The van der Waals surface area contributed by atoms with Gasteiger partial charge in [0.25, 0.3) is 0 Å². The number of rotatable bonds is 7. The molecule has 1 atom stereocenters. The Bertz CT molecular complexity index is 830. The molecule has 0 radical (unpaired) electrons. The van der Waals surface area contributed by atoms with Crippen LogP contribution in [0, 0.1) is 6.92 Å². The van der Waals surface area contributed by atoms with Gasteiger partial charge in [-0.3, -0.25) is 4.79 Å². The van der Waals surface area contributed by atoms with Gasteiger partial charge in [0.15, 0.2) is 9.84 Å². The van der Waals surface area contributed by atoms with Gasteiger partial charge in [-0.25, -0.2) is 8.42 Å². The molecular weight excluding hydrogens is 354 g/mol. The van der Waals surface area contributed by atoms with Crippen LogP contribution in [0.25, 0.3) is 0 Å². The molecule has 1 amide bonds. The Hall–Kier alpha value is -1.79. The molecular formula is C19H23NO3S2. The van der Waals surface area contributed by atoms with Crippen molar-refractivity contribution in [2.24, 2.45) is 0 Å². The molecule has 0 unspecified atom stereocenters. The Labute approximate surface area is 154 Å². The molecule has 0 fully saturated rings. The molecule has 2 aromatic rings. The molecule has 0 bridgehead atoms. The van der Waals surface area contributed by atoms with Crippen LogP contribution in [0.5, 0.6) is 0 Å². The minimum absolute atomic E-state index is 0.0302. The van der Waals surface area contributed by atoms with Gasteiger partial charge in [0.2, 0.25) is 5.91 Å². The van der Waals surface area contributed by atoms with Gasteiger partial charge >= 0.3 is 0 Å². The lowest BCUT2D eigenvalue weighted by molar-refractivity contribution is -0.119. The first-order valence-corrected chi connectivity index (χ1v) is 11.0. The highest BCUT2D eigenvalue weighted by Gasteiger charge is 2.12. The average Bonchev–Trinajstić information content (AvgIpc) is 2.54. The zero-order valence-corrected chi connectivity index (χ0v) is 16.3. The van der Waals surface area contributed by atoms with Crippen LogP contribution in [0.3, 0.4) is 0 Å². The third-order valence-electron chi connectivity index (χ3n) is 3.77. The van der Waals surface area contributed by atoms with Crippen molar-refractivity contribution in [1.82, 2.24) is 5.32 Å². The maximum Gasteiger partial charge on any atom is 0.230 e. The molecule has 0 spiro atoms. The number of sulfone groups is 1. The number of thioether (sulfide) groups is 1. The van der Waals surface area contributed by atoms with Crippen molar-refractivity contribution in [1.29, 1.82) is 0 Å². The van der Waals surface area contributed by atoms with Crippen molar-refractivity contribution in [3.63, 3.8) is 0 Å². The Balaban J connectivity index is 1.83. The van der Waals surface area contributed by atoms with Crippen molar-refractivity contribution in [3.8, 4) is 0 Å². The molecule has 0 heterocycles. The highest BCUT2D eigenvalue weighted by molar-refractivity contribution is 7.99. The molecule has 0 aliphatic carbocycles. The maximum atomic E-state index is 12.1. The number of hydrogen-bond donors (Lipinski definition) is 1. The molecule has 6 heteroatoms. The van der Waals surface area contributed by atoms with E-state index in [9.17, 15) is 13.2 Å². The van der Waals surface area contributed by atoms with Crippen LogP contribution in [-0.2, 0) is 20.4 Å². The summed E-state index contributed by atoms with van der Waals surface area (Å²) in [5.41, 5.74) is 3.31. The molecule has 2 aromatic carbocycles. The first-order chi connectivity index (χ1) is 11.8. The number of carbonyl (C=O) groups is 1. The Morgan fingerprint density at radius 2 is 1.84 bits per heavy atom. The van der Waals surface area contributed by atoms with E-state index in [2.05, 4.69) is 30.4 Å². The smallest absolute Gasteiger partial charge is 0.230 e. The van der Waals surface area contributed by atoms with Crippen LogP contribution in [0.4, 0.5) is 0 Å². The van der Waals surface area contributed by atoms with Gasteiger partial charge in [0, 0.05) is 12.0 Å². The van der Waals surface area contributed by atoms with Crippen LogP contribution in [0.2, 0.25) is 0 Å². The summed E-state index contributed by atoms with van der Waals surface area (Å²) in [6, 6.07) is 14.7. The fourth-order valence-electron chi connectivity index (χ4n) is 2.43. The van der Waals surface area contributed by atoms with Crippen molar-refractivity contribution in [2.75, 3.05) is 12.0 Å². The first-order valence-electron chi connectivity index (χ1n) is 7.98. The van der Waals surface area contributed by atoms with Gasteiger partial charge in [0.05, 0.1) is 16.7 Å². The number of aryl methyl sites for hydroxylation is 1. The van der Waals surface area contributed by atoms with Gasteiger partial charge in [-0.2, -0.15) is 0 Å². The van der Waals surface area contributed by atoms with Crippen LogP contribution in [0.15, 0.2) is 53.4 Å². The third kappa shape index (κ3) is 6.21. The monoisotopic (exact) mass is 377 g/mol. The molecule has 134 valence electrons. The van der Waals surface area contributed by atoms with E-state index in [1.165, 1.54) is 17.4 Å². The predicted molar refractivity (Wildman–Crippen MR) is 103 cm³/mol. The lowest BCUT2D eigenvalue weighted by atomic mass is 10.1. The van der Waals surface area contributed by atoms with Crippen LogP contribution < -0.4 is 5.32 Å². The fourth-order valence-corrected chi connectivity index (χ4v) is 3.85. The number of benzene rings is 2. The molecule has 2 rings (SSSR count). The van der Waals surface area contributed by atoms with Crippen LogP contribution in [0.1, 0.15) is 29.7 Å². The number of amides is 1. The molecule has 0 saturated heterocycles. The van der Waals surface area contributed by atoms with Crippen LogP contribution in [-0.4, -0.2) is 26.3 Å². The lowest BCUT2D eigenvalue weighted by Crippen LogP contribution is -2.28. The predicted octanol–water partition coefficient (Wildman–Crippen LogP) is 3.51. The zero-order valence-electron chi connectivity index (χ0n) is 14.7. The number of hydrogen-bond acceptors (Lipinski definition) is 4.